The molecule has 2 aliphatic carbocycles. The molecule has 2 aliphatic rings. The second-order valence-electron chi connectivity index (χ2n) is 5.77. The van der Waals surface area contributed by atoms with Gasteiger partial charge in [-0.25, -0.2) is 0 Å². The highest BCUT2D eigenvalue weighted by atomic mass is 16.4. The number of nitrogens with one attached hydrogen (secondary N) is 1. The normalized spacial score (nSPS) is 26.6. The summed E-state index contributed by atoms with van der Waals surface area (Å²) >= 11 is 0. The first-order valence-corrected chi connectivity index (χ1v) is 6.68. The van der Waals surface area contributed by atoms with Crippen molar-refractivity contribution in [2.24, 2.45) is 11.8 Å². The van der Waals surface area contributed by atoms with Gasteiger partial charge in [0, 0.05) is 11.6 Å². The molecule has 19 heavy (non-hydrogen) atoms. The van der Waals surface area contributed by atoms with Gasteiger partial charge in [0.15, 0.2) is 0 Å². The second-order valence-corrected chi connectivity index (χ2v) is 5.77. The van der Waals surface area contributed by atoms with E-state index < -0.39 is 11.4 Å². The highest BCUT2D eigenvalue weighted by molar-refractivity contribution is 5.94. The molecule has 0 aliphatic heterocycles. The van der Waals surface area contributed by atoms with Gasteiger partial charge in [-0.1, -0.05) is 19.1 Å². The molecule has 2 atom stereocenters. The van der Waals surface area contributed by atoms with E-state index >= 15 is 0 Å². The largest absolute Gasteiger partial charge is 0.481 e. The fourth-order valence-corrected chi connectivity index (χ4v) is 2.55. The van der Waals surface area contributed by atoms with Crippen molar-refractivity contribution in [3.8, 4) is 0 Å². The SMILES string of the molecule is CC1CC1C(=O)Nc1ccc(C2(C(=O)O)CC2)cc1. The number of aliphatic carboxylic acids is 1. The highest BCUT2D eigenvalue weighted by Crippen LogP contribution is 2.48. The topological polar surface area (TPSA) is 66.4 Å². The molecule has 100 valence electrons. The number of hydrogen-bond acceptors (Lipinski definition) is 2. The van der Waals surface area contributed by atoms with Crippen LogP contribution in [0.15, 0.2) is 24.3 Å². The van der Waals surface area contributed by atoms with Crippen LogP contribution in [0, 0.1) is 11.8 Å². The quantitative estimate of drug-likeness (QED) is 0.872. The van der Waals surface area contributed by atoms with Crippen LogP contribution in [0.25, 0.3) is 0 Å². The smallest absolute Gasteiger partial charge is 0.314 e. The van der Waals surface area contributed by atoms with Gasteiger partial charge in [-0.3, -0.25) is 9.59 Å². The molecule has 2 saturated carbocycles. The number of carboxylic acid groups (broad SMARTS) is 1. The predicted octanol–water partition coefficient (Wildman–Crippen LogP) is 2.40. The van der Waals surface area contributed by atoms with Gasteiger partial charge in [-0.2, -0.15) is 0 Å². The Bertz CT molecular complexity index is 531. The average molecular weight is 259 g/mol. The minimum atomic E-state index is -0.754. The maximum Gasteiger partial charge on any atom is 0.314 e. The van der Waals surface area contributed by atoms with E-state index in [1.54, 1.807) is 12.1 Å². The third-order valence-corrected chi connectivity index (χ3v) is 4.31. The van der Waals surface area contributed by atoms with Crippen LogP contribution in [0.2, 0.25) is 0 Å². The lowest BCUT2D eigenvalue weighted by atomic mass is 9.96. The monoisotopic (exact) mass is 259 g/mol. The molecule has 1 aromatic rings. The summed E-state index contributed by atoms with van der Waals surface area (Å²) in [4.78, 5) is 23.0. The van der Waals surface area contributed by atoms with E-state index in [9.17, 15) is 14.7 Å². The van der Waals surface area contributed by atoms with Crippen molar-refractivity contribution in [2.75, 3.05) is 5.32 Å². The Morgan fingerprint density at radius 2 is 1.84 bits per heavy atom. The molecule has 0 heterocycles. The van der Waals surface area contributed by atoms with Crippen molar-refractivity contribution in [1.29, 1.82) is 0 Å². The van der Waals surface area contributed by atoms with E-state index in [-0.39, 0.29) is 11.8 Å². The van der Waals surface area contributed by atoms with Gasteiger partial charge in [-0.05, 0) is 42.9 Å². The van der Waals surface area contributed by atoms with Crippen LogP contribution in [0.4, 0.5) is 5.69 Å². The Hall–Kier alpha value is -1.84. The summed E-state index contributed by atoms with van der Waals surface area (Å²) in [6.07, 6.45) is 2.37. The minimum Gasteiger partial charge on any atom is -0.481 e. The molecule has 1 aromatic carbocycles. The number of benzene rings is 1. The van der Waals surface area contributed by atoms with E-state index in [0.717, 1.165) is 17.7 Å². The Balaban J connectivity index is 1.69. The maximum absolute atomic E-state index is 11.8. The van der Waals surface area contributed by atoms with Crippen molar-refractivity contribution >= 4 is 17.6 Å². The van der Waals surface area contributed by atoms with Crippen LogP contribution in [-0.2, 0) is 15.0 Å². The van der Waals surface area contributed by atoms with Crippen LogP contribution < -0.4 is 5.32 Å². The number of rotatable bonds is 4. The zero-order valence-electron chi connectivity index (χ0n) is 10.8. The summed E-state index contributed by atoms with van der Waals surface area (Å²) in [6, 6.07) is 7.21. The molecular formula is C15H17NO3. The lowest BCUT2D eigenvalue weighted by Crippen LogP contribution is -2.19. The van der Waals surface area contributed by atoms with E-state index in [1.807, 2.05) is 12.1 Å². The van der Waals surface area contributed by atoms with E-state index in [1.165, 1.54) is 0 Å². The molecule has 0 saturated heterocycles. The first kappa shape index (κ1) is 12.2. The summed E-state index contributed by atoms with van der Waals surface area (Å²) in [5, 5.41) is 12.1. The molecular weight excluding hydrogens is 242 g/mol. The van der Waals surface area contributed by atoms with Gasteiger partial charge in [0.05, 0.1) is 5.41 Å². The molecule has 2 N–H and O–H groups in total. The second kappa shape index (κ2) is 4.08. The van der Waals surface area contributed by atoms with Crippen LogP contribution in [0.5, 0.6) is 0 Å². The third-order valence-electron chi connectivity index (χ3n) is 4.31. The summed E-state index contributed by atoms with van der Waals surface area (Å²) in [6.45, 7) is 2.07. The zero-order chi connectivity index (χ0) is 13.6. The molecule has 4 heteroatoms. The van der Waals surface area contributed by atoms with Gasteiger partial charge >= 0.3 is 5.97 Å². The molecule has 0 bridgehead atoms. The summed E-state index contributed by atoms with van der Waals surface area (Å²) in [5.74, 6) is -0.0507. The average Bonchev–Trinajstić information content (AvgIpc) is 3.25. The Morgan fingerprint density at radius 3 is 2.26 bits per heavy atom. The summed E-state index contributed by atoms with van der Waals surface area (Å²) in [5.41, 5.74) is 0.903. The minimum absolute atomic E-state index is 0.0691. The van der Waals surface area contributed by atoms with Gasteiger partial charge < -0.3 is 10.4 Å². The zero-order valence-corrected chi connectivity index (χ0v) is 10.8. The molecule has 4 nitrogen and oxygen atoms in total. The Labute approximate surface area is 111 Å². The number of carboxylic acids is 1. The van der Waals surface area contributed by atoms with Crippen LogP contribution in [0.3, 0.4) is 0 Å². The Morgan fingerprint density at radius 1 is 1.26 bits per heavy atom. The molecule has 0 aromatic heterocycles. The first-order valence-electron chi connectivity index (χ1n) is 6.68. The highest BCUT2D eigenvalue weighted by Gasteiger charge is 2.51. The van der Waals surface area contributed by atoms with E-state index in [4.69, 9.17) is 0 Å². The lowest BCUT2D eigenvalue weighted by molar-refractivity contribution is -0.140. The van der Waals surface area contributed by atoms with Crippen molar-refractivity contribution in [1.82, 2.24) is 0 Å². The number of amides is 1. The molecule has 2 unspecified atom stereocenters. The van der Waals surface area contributed by atoms with Crippen LogP contribution in [0.1, 0.15) is 31.7 Å². The van der Waals surface area contributed by atoms with Gasteiger partial charge in [0.25, 0.3) is 0 Å². The molecule has 1 amide bonds. The first-order chi connectivity index (χ1) is 9.03. The lowest BCUT2D eigenvalue weighted by Gasteiger charge is -2.11. The van der Waals surface area contributed by atoms with Gasteiger partial charge in [0.1, 0.15) is 0 Å². The third kappa shape index (κ3) is 2.11. The summed E-state index contributed by atoms with van der Waals surface area (Å²) in [7, 11) is 0. The number of carbonyl (C=O) groups excluding carboxylic acids is 1. The van der Waals surface area contributed by atoms with Crippen molar-refractivity contribution < 1.29 is 14.7 Å². The standard InChI is InChI=1S/C15H17NO3/c1-9-8-12(9)13(17)16-11-4-2-10(3-5-11)15(6-7-15)14(18)19/h2-5,9,12H,6-8H2,1H3,(H,16,17)(H,18,19). The van der Waals surface area contributed by atoms with Crippen molar-refractivity contribution in [3.05, 3.63) is 29.8 Å². The maximum atomic E-state index is 11.8. The predicted molar refractivity (Wildman–Crippen MR) is 70.9 cm³/mol. The van der Waals surface area contributed by atoms with Crippen LogP contribution >= 0.6 is 0 Å². The van der Waals surface area contributed by atoms with E-state index in [0.29, 0.717) is 18.8 Å². The van der Waals surface area contributed by atoms with Crippen molar-refractivity contribution in [2.45, 2.75) is 31.6 Å². The number of carbonyl (C=O) groups is 2. The molecule has 2 fully saturated rings. The summed E-state index contributed by atoms with van der Waals surface area (Å²) < 4.78 is 0. The molecule has 0 spiro atoms. The van der Waals surface area contributed by atoms with E-state index in [2.05, 4.69) is 12.2 Å². The van der Waals surface area contributed by atoms with Crippen LogP contribution in [-0.4, -0.2) is 17.0 Å². The number of anilines is 1. The van der Waals surface area contributed by atoms with Gasteiger partial charge in [-0.15, -0.1) is 0 Å². The van der Waals surface area contributed by atoms with Crippen molar-refractivity contribution in [3.63, 3.8) is 0 Å². The molecule has 0 radical (unpaired) electrons. The number of hydrogen-bond donors (Lipinski definition) is 2. The van der Waals surface area contributed by atoms with Gasteiger partial charge in [0.2, 0.25) is 5.91 Å². The molecule has 3 rings (SSSR count). The fraction of sp³-hybridized carbons (Fsp3) is 0.467. The fourth-order valence-electron chi connectivity index (χ4n) is 2.55. The Kier molecular flexibility index (Phi) is 2.62.